The number of carboxylic acids is 1. The Labute approximate surface area is 161 Å². The molecule has 0 heterocycles. The lowest BCUT2D eigenvalue weighted by molar-refractivity contribution is -0.139. The van der Waals surface area contributed by atoms with Crippen molar-refractivity contribution in [2.45, 2.75) is 44.9 Å². The zero-order chi connectivity index (χ0) is 20.7. The minimum absolute atomic E-state index is 0.0501. The van der Waals surface area contributed by atoms with Crippen molar-refractivity contribution >= 4 is 5.97 Å². The monoisotopic (exact) mass is 396 g/mol. The Bertz CT molecular complexity index is 772. The molecular weight excluding hydrogens is 373 g/mol. The number of para-hydroxylation sites is 1. The highest BCUT2D eigenvalue weighted by molar-refractivity contribution is 5.67. The van der Waals surface area contributed by atoms with Crippen molar-refractivity contribution in [3.63, 3.8) is 0 Å². The number of hydrogen-bond acceptors (Lipinski definition) is 3. The molecule has 0 saturated carbocycles. The van der Waals surface area contributed by atoms with Crippen LogP contribution in [0.4, 0.5) is 13.2 Å². The summed E-state index contributed by atoms with van der Waals surface area (Å²) < 4.78 is 50.0. The van der Waals surface area contributed by atoms with Crippen molar-refractivity contribution in [3.8, 4) is 11.5 Å². The predicted molar refractivity (Wildman–Crippen MR) is 98.8 cm³/mol. The molecule has 0 bridgehead atoms. The third-order valence-corrected chi connectivity index (χ3v) is 4.24. The summed E-state index contributed by atoms with van der Waals surface area (Å²) in [5, 5.41) is 8.84. The van der Waals surface area contributed by atoms with Crippen LogP contribution in [0.3, 0.4) is 0 Å². The average Bonchev–Trinajstić information content (AvgIpc) is 2.61. The quantitative estimate of drug-likeness (QED) is 0.606. The Morgan fingerprint density at radius 3 is 2.32 bits per heavy atom. The Kier molecular flexibility index (Phi) is 7.31. The highest BCUT2D eigenvalue weighted by Crippen LogP contribution is 2.36. The van der Waals surface area contributed by atoms with Crippen LogP contribution in [0.1, 0.15) is 43.7 Å². The largest absolute Gasteiger partial charge is 0.493 e. The van der Waals surface area contributed by atoms with Crippen molar-refractivity contribution in [2.75, 3.05) is 6.61 Å². The first-order chi connectivity index (χ1) is 13.2. The van der Waals surface area contributed by atoms with E-state index < -0.39 is 23.8 Å². The molecule has 7 heteroatoms. The summed E-state index contributed by atoms with van der Waals surface area (Å²) in [6.45, 7) is 3.80. The molecule has 0 saturated heterocycles. The lowest BCUT2D eigenvalue weighted by Crippen LogP contribution is -2.18. The second-order valence-electron chi connectivity index (χ2n) is 6.63. The number of carboxylic acid groups (broad SMARTS) is 1. The summed E-state index contributed by atoms with van der Waals surface area (Å²) in [7, 11) is 0. The van der Waals surface area contributed by atoms with Gasteiger partial charge in [-0.05, 0) is 42.7 Å². The molecule has 0 spiro atoms. The van der Waals surface area contributed by atoms with Gasteiger partial charge in [0.05, 0.1) is 24.7 Å². The van der Waals surface area contributed by atoms with Gasteiger partial charge in [0.1, 0.15) is 11.5 Å². The van der Waals surface area contributed by atoms with Crippen LogP contribution in [-0.2, 0) is 11.0 Å². The molecule has 152 valence electrons. The molecule has 0 fully saturated rings. The van der Waals surface area contributed by atoms with E-state index >= 15 is 0 Å². The maximum absolute atomic E-state index is 13.0. The van der Waals surface area contributed by atoms with E-state index in [1.165, 1.54) is 18.2 Å². The lowest BCUT2D eigenvalue weighted by Gasteiger charge is -2.19. The van der Waals surface area contributed by atoms with Crippen LogP contribution < -0.4 is 9.47 Å². The Balaban J connectivity index is 1.84. The normalized spacial score (nSPS) is 13.6. The van der Waals surface area contributed by atoms with Gasteiger partial charge in [0.25, 0.3) is 0 Å². The summed E-state index contributed by atoms with van der Waals surface area (Å²) >= 11 is 0. The number of benzene rings is 2. The predicted octanol–water partition coefficient (Wildman–Crippen LogP) is 5.52. The number of ether oxygens (including phenoxy) is 2. The van der Waals surface area contributed by atoms with Gasteiger partial charge < -0.3 is 14.6 Å². The number of rotatable bonds is 9. The van der Waals surface area contributed by atoms with E-state index in [1.54, 1.807) is 19.1 Å². The topological polar surface area (TPSA) is 55.8 Å². The first-order valence-electron chi connectivity index (χ1n) is 8.94. The molecule has 0 aromatic heterocycles. The first-order valence-corrected chi connectivity index (χ1v) is 8.94. The number of hydrogen-bond donors (Lipinski definition) is 1. The molecule has 0 radical (unpaired) electrons. The molecule has 2 rings (SSSR count). The van der Waals surface area contributed by atoms with Gasteiger partial charge in [-0.15, -0.1) is 0 Å². The molecule has 0 amide bonds. The average molecular weight is 396 g/mol. The second kappa shape index (κ2) is 9.48. The van der Waals surface area contributed by atoms with E-state index in [4.69, 9.17) is 14.6 Å². The zero-order valence-corrected chi connectivity index (χ0v) is 15.7. The van der Waals surface area contributed by atoms with E-state index in [0.29, 0.717) is 12.2 Å². The number of alkyl halides is 3. The molecule has 0 aliphatic carbocycles. The number of carbonyl (C=O) groups is 1. The maximum atomic E-state index is 13.0. The summed E-state index contributed by atoms with van der Waals surface area (Å²) in [5.74, 6) is -0.545. The smallest absolute Gasteiger partial charge is 0.419 e. The molecule has 28 heavy (non-hydrogen) atoms. The summed E-state index contributed by atoms with van der Waals surface area (Å²) in [6, 6.07) is 12.2. The van der Waals surface area contributed by atoms with Crippen molar-refractivity contribution in [1.82, 2.24) is 0 Å². The van der Waals surface area contributed by atoms with Crippen LogP contribution in [0.15, 0.2) is 48.5 Å². The van der Waals surface area contributed by atoms with Crippen molar-refractivity contribution in [3.05, 3.63) is 59.7 Å². The third-order valence-electron chi connectivity index (χ3n) is 4.24. The maximum Gasteiger partial charge on any atom is 0.419 e. The van der Waals surface area contributed by atoms with Crippen molar-refractivity contribution < 1.29 is 32.5 Å². The summed E-state index contributed by atoms with van der Waals surface area (Å²) in [4.78, 5) is 10.8. The molecule has 4 nitrogen and oxygen atoms in total. The SMILES string of the molecule is CC(CCOc1ccc(C(C)CC(=O)O)cc1)Oc1ccccc1C(F)(F)F. The first kappa shape index (κ1) is 21.6. The van der Waals surface area contributed by atoms with Crippen LogP contribution >= 0.6 is 0 Å². The van der Waals surface area contributed by atoms with Gasteiger partial charge in [0, 0.05) is 6.42 Å². The zero-order valence-electron chi connectivity index (χ0n) is 15.7. The van der Waals surface area contributed by atoms with E-state index in [2.05, 4.69) is 0 Å². The van der Waals surface area contributed by atoms with E-state index in [0.717, 1.165) is 11.6 Å². The second-order valence-corrected chi connectivity index (χ2v) is 6.63. The molecule has 1 N–H and O–H groups in total. The molecule has 2 aromatic rings. The van der Waals surface area contributed by atoms with Gasteiger partial charge in [-0.1, -0.05) is 31.2 Å². The van der Waals surface area contributed by atoms with Gasteiger partial charge in [-0.3, -0.25) is 4.79 Å². The third kappa shape index (κ3) is 6.48. The van der Waals surface area contributed by atoms with Crippen LogP contribution in [-0.4, -0.2) is 23.8 Å². The highest BCUT2D eigenvalue weighted by Gasteiger charge is 2.34. The van der Waals surface area contributed by atoms with E-state index in [9.17, 15) is 18.0 Å². The summed E-state index contributed by atoms with van der Waals surface area (Å²) in [6.07, 6.45) is -4.47. The van der Waals surface area contributed by atoms with Gasteiger partial charge in [-0.2, -0.15) is 13.2 Å². The standard InChI is InChI=1S/C21H23F3O4/c1-14(13-20(25)26)16-7-9-17(10-8-16)27-12-11-15(2)28-19-6-4-3-5-18(19)21(22,23)24/h3-10,14-15H,11-13H2,1-2H3,(H,25,26). The van der Waals surface area contributed by atoms with Gasteiger partial charge in [0.15, 0.2) is 0 Å². The van der Waals surface area contributed by atoms with Crippen molar-refractivity contribution in [2.24, 2.45) is 0 Å². The fourth-order valence-corrected chi connectivity index (χ4v) is 2.69. The molecule has 0 aliphatic heterocycles. The van der Waals surface area contributed by atoms with Gasteiger partial charge in [-0.25, -0.2) is 0 Å². The van der Waals surface area contributed by atoms with E-state index in [1.807, 2.05) is 19.1 Å². The number of aliphatic carboxylic acids is 1. The fraction of sp³-hybridized carbons (Fsp3) is 0.381. The minimum atomic E-state index is -4.47. The molecule has 2 unspecified atom stereocenters. The van der Waals surface area contributed by atoms with E-state index in [-0.39, 0.29) is 24.7 Å². The van der Waals surface area contributed by atoms with Crippen molar-refractivity contribution in [1.29, 1.82) is 0 Å². The lowest BCUT2D eigenvalue weighted by atomic mass is 9.98. The molecular formula is C21H23F3O4. The van der Waals surface area contributed by atoms with Crippen LogP contribution in [0.25, 0.3) is 0 Å². The Hall–Kier alpha value is -2.70. The number of halogens is 3. The molecule has 2 aromatic carbocycles. The van der Waals surface area contributed by atoms with Crippen LogP contribution in [0.2, 0.25) is 0 Å². The highest BCUT2D eigenvalue weighted by atomic mass is 19.4. The fourth-order valence-electron chi connectivity index (χ4n) is 2.69. The molecule has 0 aliphatic rings. The Morgan fingerprint density at radius 1 is 1.07 bits per heavy atom. The van der Waals surface area contributed by atoms with Gasteiger partial charge >= 0.3 is 12.1 Å². The van der Waals surface area contributed by atoms with Crippen LogP contribution in [0.5, 0.6) is 11.5 Å². The minimum Gasteiger partial charge on any atom is -0.493 e. The van der Waals surface area contributed by atoms with Gasteiger partial charge in [0.2, 0.25) is 0 Å². The Morgan fingerprint density at radius 2 is 1.71 bits per heavy atom. The summed E-state index contributed by atoms with van der Waals surface area (Å²) in [5.41, 5.74) is 0.101. The van der Waals surface area contributed by atoms with Crippen LogP contribution in [0, 0.1) is 0 Å². The molecule has 2 atom stereocenters.